The van der Waals surface area contributed by atoms with Crippen LogP contribution in [0.4, 0.5) is 10.1 Å². The molecule has 0 aliphatic carbocycles. The quantitative estimate of drug-likeness (QED) is 0.765. The molecule has 1 aromatic carbocycles. The lowest BCUT2D eigenvalue weighted by atomic mass is 10.2. The summed E-state index contributed by atoms with van der Waals surface area (Å²) in [6, 6.07) is 4.87. The highest BCUT2D eigenvalue weighted by Crippen LogP contribution is 2.27. The summed E-state index contributed by atoms with van der Waals surface area (Å²) in [6.45, 7) is 3.93. The highest BCUT2D eigenvalue weighted by atomic mass is 19.1. The summed E-state index contributed by atoms with van der Waals surface area (Å²) < 4.78 is 13.2. The third kappa shape index (κ3) is 1.55. The van der Waals surface area contributed by atoms with Crippen molar-refractivity contribution < 1.29 is 4.39 Å². The summed E-state index contributed by atoms with van der Waals surface area (Å²) in [5.74, 6) is -0.177. The third-order valence-electron chi connectivity index (χ3n) is 3.08. The van der Waals surface area contributed by atoms with E-state index in [0.717, 1.165) is 42.8 Å². The van der Waals surface area contributed by atoms with Crippen LogP contribution in [-0.2, 0) is 0 Å². The largest absolute Gasteiger partial charge is 0.367 e. The molecule has 2 N–H and O–H groups in total. The lowest BCUT2D eigenvalue weighted by Crippen LogP contribution is -2.43. The van der Waals surface area contributed by atoms with Crippen LogP contribution in [0.5, 0.6) is 0 Å². The van der Waals surface area contributed by atoms with Crippen molar-refractivity contribution in [2.24, 2.45) is 0 Å². The molecule has 0 bridgehead atoms. The molecule has 3 rings (SSSR count). The third-order valence-corrected chi connectivity index (χ3v) is 3.08. The second-order valence-corrected chi connectivity index (χ2v) is 4.10. The topological polar surface area (TPSA) is 31.1 Å². The monoisotopic (exact) mass is 219 g/mol. The highest BCUT2D eigenvalue weighted by molar-refractivity contribution is 5.92. The van der Waals surface area contributed by atoms with E-state index in [0.29, 0.717) is 0 Å². The first kappa shape index (κ1) is 9.66. The molecule has 1 aliphatic heterocycles. The number of aromatic nitrogens is 1. The van der Waals surface area contributed by atoms with Crippen LogP contribution in [0.1, 0.15) is 0 Å². The fourth-order valence-corrected chi connectivity index (χ4v) is 2.25. The van der Waals surface area contributed by atoms with Gasteiger partial charge in [-0.1, -0.05) is 0 Å². The fraction of sp³-hybridized carbons (Fsp3) is 0.333. The van der Waals surface area contributed by atoms with Gasteiger partial charge in [0.25, 0.3) is 0 Å². The van der Waals surface area contributed by atoms with Crippen molar-refractivity contribution in [1.29, 1.82) is 0 Å². The molecule has 2 aromatic rings. The van der Waals surface area contributed by atoms with Gasteiger partial charge in [0.2, 0.25) is 0 Å². The minimum atomic E-state index is -0.177. The Morgan fingerprint density at radius 1 is 1.19 bits per heavy atom. The summed E-state index contributed by atoms with van der Waals surface area (Å²) in [4.78, 5) is 5.47. The van der Waals surface area contributed by atoms with Gasteiger partial charge in [-0.05, 0) is 18.2 Å². The van der Waals surface area contributed by atoms with E-state index >= 15 is 0 Å². The van der Waals surface area contributed by atoms with E-state index in [-0.39, 0.29) is 5.82 Å². The second-order valence-electron chi connectivity index (χ2n) is 4.10. The molecule has 16 heavy (non-hydrogen) atoms. The van der Waals surface area contributed by atoms with Gasteiger partial charge >= 0.3 is 0 Å². The molecule has 1 aliphatic rings. The first-order valence-electron chi connectivity index (χ1n) is 5.57. The lowest BCUT2D eigenvalue weighted by Gasteiger charge is -2.28. The maximum absolute atomic E-state index is 13.2. The summed E-state index contributed by atoms with van der Waals surface area (Å²) in [7, 11) is 0. The number of piperazine rings is 1. The normalized spacial score (nSPS) is 16.9. The van der Waals surface area contributed by atoms with Crippen molar-refractivity contribution in [2.45, 2.75) is 0 Å². The van der Waals surface area contributed by atoms with Crippen LogP contribution in [0.15, 0.2) is 24.4 Å². The molecule has 1 saturated heterocycles. The Morgan fingerprint density at radius 3 is 2.81 bits per heavy atom. The summed E-state index contributed by atoms with van der Waals surface area (Å²) in [5, 5.41) is 4.28. The van der Waals surface area contributed by atoms with Crippen LogP contribution >= 0.6 is 0 Å². The summed E-state index contributed by atoms with van der Waals surface area (Å²) in [6.07, 6.45) is 1.97. The van der Waals surface area contributed by atoms with Crippen molar-refractivity contribution in [2.75, 3.05) is 31.1 Å². The Labute approximate surface area is 93.3 Å². The molecule has 0 unspecified atom stereocenters. The van der Waals surface area contributed by atoms with Crippen molar-refractivity contribution >= 4 is 16.6 Å². The number of anilines is 1. The number of nitrogens with zero attached hydrogens (tertiary/aromatic N) is 1. The van der Waals surface area contributed by atoms with Crippen molar-refractivity contribution in [3.8, 4) is 0 Å². The molecule has 84 valence electrons. The Morgan fingerprint density at radius 2 is 2.00 bits per heavy atom. The predicted molar refractivity (Wildman–Crippen MR) is 63.3 cm³/mol. The average molecular weight is 219 g/mol. The zero-order valence-electron chi connectivity index (χ0n) is 8.96. The molecule has 1 fully saturated rings. The summed E-state index contributed by atoms with van der Waals surface area (Å²) in [5.41, 5.74) is 2.10. The summed E-state index contributed by atoms with van der Waals surface area (Å²) >= 11 is 0. The van der Waals surface area contributed by atoms with Gasteiger partial charge in [0.1, 0.15) is 5.82 Å². The number of benzene rings is 1. The van der Waals surface area contributed by atoms with Gasteiger partial charge in [-0.15, -0.1) is 0 Å². The highest BCUT2D eigenvalue weighted by Gasteiger charge is 2.14. The number of H-pyrrole nitrogens is 1. The SMILES string of the molecule is Fc1ccc2[nH]cc(N3CCNCC3)c2c1. The first-order chi connectivity index (χ1) is 7.84. The number of hydrogen-bond acceptors (Lipinski definition) is 2. The number of aromatic amines is 1. The van der Waals surface area contributed by atoms with Crippen LogP contribution in [-0.4, -0.2) is 31.2 Å². The van der Waals surface area contributed by atoms with Crippen LogP contribution < -0.4 is 10.2 Å². The predicted octanol–water partition coefficient (Wildman–Crippen LogP) is 1.72. The number of fused-ring (bicyclic) bond motifs is 1. The van der Waals surface area contributed by atoms with Gasteiger partial charge in [-0.2, -0.15) is 0 Å². The number of nitrogens with one attached hydrogen (secondary N) is 2. The van der Waals surface area contributed by atoms with Crippen LogP contribution in [0.25, 0.3) is 10.9 Å². The molecule has 3 nitrogen and oxygen atoms in total. The van der Waals surface area contributed by atoms with Gasteiger partial charge < -0.3 is 15.2 Å². The van der Waals surface area contributed by atoms with Crippen molar-refractivity contribution in [3.05, 3.63) is 30.2 Å². The van der Waals surface area contributed by atoms with E-state index in [4.69, 9.17) is 0 Å². The van der Waals surface area contributed by atoms with E-state index in [9.17, 15) is 4.39 Å². The van der Waals surface area contributed by atoms with Crippen molar-refractivity contribution in [1.82, 2.24) is 10.3 Å². The molecule has 4 heteroatoms. The van der Waals surface area contributed by atoms with Crippen LogP contribution in [0, 0.1) is 5.82 Å². The van der Waals surface area contributed by atoms with Gasteiger partial charge in [-0.25, -0.2) is 4.39 Å². The van der Waals surface area contributed by atoms with Gasteiger partial charge in [0, 0.05) is 43.3 Å². The number of halogens is 1. The van der Waals surface area contributed by atoms with E-state index in [1.807, 2.05) is 6.20 Å². The zero-order valence-corrected chi connectivity index (χ0v) is 8.96. The van der Waals surface area contributed by atoms with E-state index < -0.39 is 0 Å². The number of rotatable bonds is 1. The average Bonchev–Trinajstić information content (AvgIpc) is 2.73. The molecular formula is C12H14FN3. The molecule has 0 amide bonds. The van der Waals surface area contributed by atoms with Crippen molar-refractivity contribution in [3.63, 3.8) is 0 Å². The smallest absolute Gasteiger partial charge is 0.124 e. The Balaban J connectivity index is 2.05. The lowest BCUT2D eigenvalue weighted by molar-refractivity contribution is 0.590. The van der Waals surface area contributed by atoms with E-state index in [1.54, 1.807) is 12.1 Å². The van der Waals surface area contributed by atoms with E-state index in [2.05, 4.69) is 15.2 Å². The first-order valence-corrected chi connectivity index (χ1v) is 5.57. The maximum atomic E-state index is 13.2. The minimum Gasteiger partial charge on any atom is -0.367 e. The molecule has 0 radical (unpaired) electrons. The fourth-order valence-electron chi connectivity index (χ4n) is 2.25. The van der Waals surface area contributed by atoms with Gasteiger partial charge in [-0.3, -0.25) is 0 Å². The minimum absolute atomic E-state index is 0.177. The Hall–Kier alpha value is -1.55. The Bertz CT molecular complexity index is 500. The molecule has 2 heterocycles. The second kappa shape index (κ2) is 3.79. The molecular weight excluding hydrogens is 205 g/mol. The molecule has 0 saturated carbocycles. The van der Waals surface area contributed by atoms with Crippen LogP contribution in [0.3, 0.4) is 0 Å². The van der Waals surface area contributed by atoms with Gasteiger partial charge in [0.05, 0.1) is 5.69 Å². The maximum Gasteiger partial charge on any atom is 0.124 e. The van der Waals surface area contributed by atoms with Gasteiger partial charge in [0.15, 0.2) is 0 Å². The Kier molecular flexibility index (Phi) is 2.29. The zero-order chi connectivity index (χ0) is 11.0. The standard InChI is InChI=1S/C12H14FN3/c13-9-1-2-11-10(7-9)12(8-15-11)16-5-3-14-4-6-16/h1-2,7-8,14-15H,3-6H2. The molecule has 0 spiro atoms. The molecule has 0 atom stereocenters. The number of hydrogen-bond donors (Lipinski definition) is 2. The molecule has 1 aromatic heterocycles. The van der Waals surface area contributed by atoms with E-state index in [1.165, 1.54) is 6.07 Å². The van der Waals surface area contributed by atoms with Crippen LogP contribution in [0.2, 0.25) is 0 Å².